The average Bonchev–Trinajstić information content (AvgIpc) is 3.39. The minimum absolute atomic E-state index is 0.0104. The number of thiophene rings is 1. The molecule has 3 aromatic rings. The van der Waals surface area contributed by atoms with Crippen molar-refractivity contribution in [2.75, 3.05) is 19.6 Å². The Morgan fingerprint density at radius 2 is 2.07 bits per heavy atom. The standard InChI is InChI=1S/C22H27N5O2S/c1-4-9-23-21(28)15-7-10-27(11-8-15)22(29)16-13-17(18-6-5-12-30-18)24-20-19(16)14(2)25-26(20)3/h5-6,12-13,15H,4,7-11H2,1-3H3,(H,23,28). The lowest BCUT2D eigenvalue weighted by molar-refractivity contribution is -0.126. The maximum absolute atomic E-state index is 13.5. The van der Waals surface area contributed by atoms with E-state index in [0.717, 1.165) is 33.7 Å². The first kappa shape index (κ1) is 20.5. The lowest BCUT2D eigenvalue weighted by Gasteiger charge is -2.31. The fourth-order valence-corrected chi connectivity index (χ4v) is 4.76. The fourth-order valence-electron chi connectivity index (χ4n) is 4.07. The lowest BCUT2D eigenvalue weighted by Crippen LogP contribution is -2.43. The Kier molecular flexibility index (Phi) is 5.85. The van der Waals surface area contributed by atoms with Crippen LogP contribution in [-0.2, 0) is 11.8 Å². The molecule has 1 aliphatic heterocycles. The van der Waals surface area contributed by atoms with E-state index in [-0.39, 0.29) is 17.7 Å². The highest BCUT2D eigenvalue weighted by molar-refractivity contribution is 7.13. The summed E-state index contributed by atoms with van der Waals surface area (Å²) in [7, 11) is 1.86. The van der Waals surface area contributed by atoms with Crippen molar-refractivity contribution in [3.05, 3.63) is 34.8 Å². The van der Waals surface area contributed by atoms with E-state index < -0.39 is 0 Å². The molecular formula is C22H27N5O2S. The second kappa shape index (κ2) is 8.55. The molecule has 158 valence electrons. The van der Waals surface area contributed by atoms with E-state index in [2.05, 4.69) is 10.4 Å². The number of likely N-dealkylation sites (tertiary alicyclic amines) is 1. The number of fused-ring (bicyclic) bond motifs is 1. The molecule has 0 saturated carbocycles. The monoisotopic (exact) mass is 425 g/mol. The molecule has 8 heteroatoms. The molecule has 0 aromatic carbocycles. The summed E-state index contributed by atoms with van der Waals surface area (Å²) in [6.07, 6.45) is 2.32. The van der Waals surface area contributed by atoms with Crippen molar-refractivity contribution in [2.24, 2.45) is 13.0 Å². The molecule has 0 radical (unpaired) electrons. The molecule has 0 bridgehead atoms. The average molecular weight is 426 g/mol. The number of carbonyl (C=O) groups excluding carboxylic acids is 2. The van der Waals surface area contributed by atoms with Crippen LogP contribution in [0.15, 0.2) is 23.6 Å². The third kappa shape index (κ3) is 3.84. The first-order valence-electron chi connectivity index (χ1n) is 10.4. The Morgan fingerprint density at radius 1 is 1.30 bits per heavy atom. The largest absolute Gasteiger partial charge is 0.356 e. The van der Waals surface area contributed by atoms with Crippen molar-refractivity contribution < 1.29 is 9.59 Å². The fraction of sp³-hybridized carbons (Fsp3) is 0.455. The van der Waals surface area contributed by atoms with Gasteiger partial charge in [-0.25, -0.2) is 4.98 Å². The molecule has 0 atom stereocenters. The smallest absolute Gasteiger partial charge is 0.254 e. The lowest BCUT2D eigenvalue weighted by atomic mass is 9.95. The third-order valence-corrected chi connectivity index (χ3v) is 6.57. The van der Waals surface area contributed by atoms with Gasteiger partial charge in [0.1, 0.15) is 0 Å². The van der Waals surface area contributed by atoms with Crippen LogP contribution in [0, 0.1) is 12.8 Å². The van der Waals surface area contributed by atoms with Gasteiger partial charge < -0.3 is 10.2 Å². The van der Waals surface area contributed by atoms with Gasteiger partial charge >= 0.3 is 0 Å². The van der Waals surface area contributed by atoms with Crippen molar-refractivity contribution in [3.8, 4) is 10.6 Å². The van der Waals surface area contributed by atoms with E-state index in [1.807, 2.05) is 49.4 Å². The summed E-state index contributed by atoms with van der Waals surface area (Å²) in [6.45, 7) is 5.83. The van der Waals surface area contributed by atoms with E-state index in [1.54, 1.807) is 16.0 Å². The second-order valence-electron chi connectivity index (χ2n) is 7.80. The van der Waals surface area contributed by atoms with Crippen LogP contribution in [0.25, 0.3) is 21.6 Å². The molecule has 0 spiro atoms. The van der Waals surface area contributed by atoms with Crippen LogP contribution in [0.1, 0.15) is 42.2 Å². The van der Waals surface area contributed by atoms with Crippen molar-refractivity contribution in [2.45, 2.75) is 33.1 Å². The first-order chi connectivity index (χ1) is 14.5. The Labute approximate surface area is 180 Å². The zero-order chi connectivity index (χ0) is 21.3. The molecule has 4 heterocycles. The number of amides is 2. The number of pyridine rings is 1. The van der Waals surface area contributed by atoms with Crippen molar-refractivity contribution in [1.82, 2.24) is 25.0 Å². The van der Waals surface area contributed by atoms with E-state index in [1.165, 1.54) is 0 Å². The van der Waals surface area contributed by atoms with Crippen molar-refractivity contribution in [3.63, 3.8) is 0 Å². The van der Waals surface area contributed by atoms with Crippen LogP contribution in [0.2, 0.25) is 0 Å². The summed E-state index contributed by atoms with van der Waals surface area (Å²) in [5, 5.41) is 10.3. The van der Waals surface area contributed by atoms with Gasteiger partial charge in [0, 0.05) is 32.6 Å². The summed E-state index contributed by atoms with van der Waals surface area (Å²) >= 11 is 1.60. The molecule has 30 heavy (non-hydrogen) atoms. The molecule has 1 saturated heterocycles. The predicted octanol–water partition coefficient (Wildman–Crippen LogP) is 3.38. The minimum Gasteiger partial charge on any atom is -0.356 e. The van der Waals surface area contributed by atoms with Gasteiger partial charge in [0.15, 0.2) is 5.65 Å². The summed E-state index contributed by atoms with van der Waals surface area (Å²) in [4.78, 5) is 33.4. The van der Waals surface area contributed by atoms with Crippen LogP contribution < -0.4 is 5.32 Å². The highest BCUT2D eigenvalue weighted by Crippen LogP contribution is 2.30. The molecule has 1 aliphatic rings. The van der Waals surface area contributed by atoms with Gasteiger partial charge in [-0.2, -0.15) is 5.10 Å². The summed E-state index contributed by atoms with van der Waals surface area (Å²) in [5.41, 5.74) is 2.95. The molecular weight excluding hydrogens is 398 g/mol. The van der Waals surface area contributed by atoms with Crippen LogP contribution in [0.3, 0.4) is 0 Å². The molecule has 0 aliphatic carbocycles. The molecule has 7 nitrogen and oxygen atoms in total. The molecule has 4 rings (SSSR count). The summed E-state index contributed by atoms with van der Waals surface area (Å²) < 4.78 is 1.74. The maximum Gasteiger partial charge on any atom is 0.254 e. The van der Waals surface area contributed by atoms with Crippen molar-refractivity contribution in [1.29, 1.82) is 0 Å². The minimum atomic E-state index is -0.0140. The SMILES string of the molecule is CCCNC(=O)C1CCN(C(=O)c2cc(-c3cccs3)nc3c2c(C)nn3C)CC1. The van der Waals surface area contributed by atoms with Crippen LogP contribution in [-0.4, -0.2) is 51.1 Å². The van der Waals surface area contributed by atoms with Gasteiger partial charge in [-0.15, -0.1) is 11.3 Å². The normalized spacial score (nSPS) is 15.0. The zero-order valence-electron chi connectivity index (χ0n) is 17.6. The molecule has 1 N–H and O–H groups in total. The van der Waals surface area contributed by atoms with E-state index in [4.69, 9.17) is 4.98 Å². The zero-order valence-corrected chi connectivity index (χ0v) is 18.5. The number of aromatic nitrogens is 3. The summed E-state index contributed by atoms with van der Waals surface area (Å²) in [6, 6.07) is 5.89. The van der Waals surface area contributed by atoms with Crippen LogP contribution in [0.4, 0.5) is 0 Å². The van der Waals surface area contributed by atoms with Gasteiger partial charge in [-0.05, 0) is 43.7 Å². The highest BCUT2D eigenvalue weighted by Gasteiger charge is 2.29. The molecule has 3 aromatic heterocycles. The third-order valence-electron chi connectivity index (χ3n) is 5.67. The molecule has 2 amide bonds. The maximum atomic E-state index is 13.5. The van der Waals surface area contributed by atoms with Crippen LogP contribution >= 0.6 is 11.3 Å². The van der Waals surface area contributed by atoms with Crippen molar-refractivity contribution >= 4 is 34.2 Å². The number of piperidine rings is 1. The topological polar surface area (TPSA) is 80.1 Å². The quantitative estimate of drug-likeness (QED) is 0.680. The van der Waals surface area contributed by atoms with Gasteiger partial charge in [0.05, 0.1) is 27.2 Å². The van der Waals surface area contributed by atoms with Gasteiger partial charge in [0.25, 0.3) is 5.91 Å². The van der Waals surface area contributed by atoms with E-state index in [9.17, 15) is 9.59 Å². The number of carbonyl (C=O) groups is 2. The van der Waals surface area contributed by atoms with E-state index >= 15 is 0 Å². The Morgan fingerprint density at radius 3 is 2.73 bits per heavy atom. The number of hydrogen-bond acceptors (Lipinski definition) is 5. The molecule has 1 fully saturated rings. The number of rotatable bonds is 5. The first-order valence-corrected chi connectivity index (χ1v) is 11.3. The van der Waals surface area contributed by atoms with Gasteiger partial charge in [0.2, 0.25) is 5.91 Å². The summed E-state index contributed by atoms with van der Waals surface area (Å²) in [5.74, 6) is 0.0851. The Balaban J connectivity index is 1.61. The van der Waals surface area contributed by atoms with Crippen LogP contribution in [0.5, 0.6) is 0 Å². The Hall–Kier alpha value is -2.74. The van der Waals surface area contributed by atoms with Gasteiger partial charge in [-0.3, -0.25) is 14.3 Å². The Bertz CT molecular complexity index is 1070. The predicted molar refractivity (Wildman–Crippen MR) is 118 cm³/mol. The number of hydrogen-bond donors (Lipinski definition) is 1. The molecule has 0 unspecified atom stereocenters. The van der Waals surface area contributed by atoms with Gasteiger partial charge in [-0.1, -0.05) is 13.0 Å². The second-order valence-corrected chi connectivity index (χ2v) is 8.75. The number of nitrogens with one attached hydrogen (secondary N) is 1. The number of nitrogens with zero attached hydrogens (tertiary/aromatic N) is 4. The highest BCUT2D eigenvalue weighted by atomic mass is 32.1. The number of aryl methyl sites for hydroxylation is 2. The van der Waals surface area contributed by atoms with E-state index in [0.29, 0.717) is 38.0 Å².